The van der Waals surface area contributed by atoms with Crippen molar-refractivity contribution >= 4 is 11.7 Å². The summed E-state index contributed by atoms with van der Waals surface area (Å²) in [6, 6.07) is 17.6. The van der Waals surface area contributed by atoms with E-state index < -0.39 is 0 Å². The number of anilines is 1. The first-order chi connectivity index (χ1) is 12.7. The van der Waals surface area contributed by atoms with Gasteiger partial charge in [0.1, 0.15) is 5.82 Å². The summed E-state index contributed by atoms with van der Waals surface area (Å²) in [5.74, 6) is 0.466. The highest BCUT2D eigenvalue weighted by atomic mass is 16.1. The van der Waals surface area contributed by atoms with Gasteiger partial charge in [-0.15, -0.1) is 0 Å². The SMILES string of the molecule is Cc1ccc(C(=O)NCCc2ccccc2)c(NCc2cccnc2)n1. The molecule has 0 atom stereocenters. The van der Waals surface area contributed by atoms with Crippen LogP contribution in [0.4, 0.5) is 5.82 Å². The maximum Gasteiger partial charge on any atom is 0.255 e. The Morgan fingerprint density at radius 1 is 1.00 bits per heavy atom. The molecule has 0 aliphatic heterocycles. The quantitative estimate of drug-likeness (QED) is 0.688. The lowest BCUT2D eigenvalue weighted by atomic mass is 10.1. The monoisotopic (exact) mass is 346 g/mol. The van der Waals surface area contributed by atoms with Gasteiger partial charge in [0.25, 0.3) is 5.91 Å². The molecule has 0 unspecified atom stereocenters. The Bertz CT molecular complexity index is 850. The Morgan fingerprint density at radius 3 is 2.58 bits per heavy atom. The Balaban J connectivity index is 1.63. The van der Waals surface area contributed by atoms with Crippen LogP contribution in [0.3, 0.4) is 0 Å². The van der Waals surface area contributed by atoms with Crippen molar-refractivity contribution in [1.29, 1.82) is 0 Å². The van der Waals surface area contributed by atoms with E-state index in [9.17, 15) is 4.79 Å². The lowest BCUT2D eigenvalue weighted by Crippen LogP contribution is -2.27. The van der Waals surface area contributed by atoms with Crippen LogP contribution in [0, 0.1) is 6.92 Å². The summed E-state index contributed by atoms with van der Waals surface area (Å²) in [5, 5.41) is 6.22. The average molecular weight is 346 g/mol. The predicted octanol–water partition coefficient (Wildman–Crippen LogP) is 3.37. The van der Waals surface area contributed by atoms with Crippen LogP contribution in [0.2, 0.25) is 0 Å². The maximum atomic E-state index is 12.6. The number of aryl methyl sites for hydroxylation is 1. The molecule has 0 saturated heterocycles. The molecule has 0 aliphatic rings. The third kappa shape index (κ3) is 4.89. The number of rotatable bonds is 7. The van der Waals surface area contributed by atoms with Gasteiger partial charge in [0.2, 0.25) is 0 Å². The highest BCUT2D eigenvalue weighted by Gasteiger charge is 2.12. The molecule has 26 heavy (non-hydrogen) atoms. The first-order valence-corrected chi connectivity index (χ1v) is 8.65. The smallest absolute Gasteiger partial charge is 0.255 e. The van der Waals surface area contributed by atoms with Crippen molar-refractivity contribution in [3.8, 4) is 0 Å². The van der Waals surface area contributed by atoms with E-state index >= 15 is 0 Å². The van der Waals surface area contributed by atoms with E-state index in [4.69, 9.17) is 0 Å². The van der Waals surface area contributed by atoms with Gasteiger partial charge < -0.3 is 10.6 Å². The maximum absolute atomic E-state index is 12.6. The fourth-order valence-electron chi connectivity index (χ4n) is 2.62. The molecule has 132 valence electrons. The topological polar surface area (TPSA) is 66.9 Å². The van der Waals surface area contributed by atoms with Crippen molar-refractivity contribution in [2.24, 2.45) is 0 Å². The Hall–Kier alpha value is -3.21. The Labute approximate surface area is 153 Å². The van der Waals surface area contributed by atoms with Crippen molar-refractivity contribution in [3.05, 3.63) is 89.4 Å². The van der Waals surface area contributed by atoms with Crippen molar-refractivity contribution in [1.82, 2.24) is 15.3 Å². The van der Waals surface area contributed by atoms with E-state index in [1.165, 1.54) is 5.56 Å². The minimum Gasteiger partial charge on any atom is -0.365 e. The molecule has 3 rings (SSSR count). The first kappa shape index (κ1) is 17.6. The van der Waals surface area contributed by atoms with Crippen LogP contribution in [-0.4, -0.2) is 22.4 Å². The van der Waals surface area contributed by atoms with Crippen LogP contribution in [0.5, 0.6) is 0 Å². The lowest BCUT2D eigenvalue weighted by Gasteiger charge is -2.12. The molecular weight excluding hydrogens is 324 g/mol. The number of amides is 1. The number of hydrogen-bond acceptors (Lipinski definition) is 4. The van der Waals surface area contributed by atoms with Gasteiger partial charge in [-0.2, -0.15) is 0 Å². The largest absolute Gasteiger partial charge is 0.365 e. The minimum atomic E-state index is -0.123. The zero-order valence-electron chi connectivity index (χ0n) is 14.8. The van der Waals surface area contributed by atoms with Crippen LogP contribution in [0.25, 0.3) is 0 Å². The van der Waals surface area contributed by atoms with Crippen LogP contribution in [0.1, 0.15) is 27.2 Å². The third-order valence-corrected chi connectivity index (χ3v) is 4.00. The van der Waals surface area contributed by atoms with Crippen LogP contribution < -0.4 is 10.6 Å². The van der Waals surface area contributed by atoms with Gasteiger partial charge in [0.05, 0.1) is 5.56 Å². The molecule has 0 saturated carbocycles. The molecule has 2 N–H and O–H groups in total. The van der Waals surface area contributed by atoms with Crippen molar-refractivity contribution in [2.75, 3.05) is 11.9 Å². The predicted molar refractivity (Wildman–Crippen MR) is 103 cm³/mol. The number of carbonyl (C=O) groups excluding carboxylic acids is 1. The number of nitrogens with one attached hydrogen (secondary N) is 2. The highest BCUT2D eigenvalue weighted by Crippen LogP contribution is 2.15. The zero-order chi connectivity index (χ0) is 18.2. The summed E-state index contributed by atoms with van der Waals surface area (Å²) in [5.41, 5.74) is 3.64. The van der Waals surface area contributed by atoms with Gasteiger partial charge in [-0.25, -0.2) is 4.98 Å². The summed E-state index contributed by atoms with van der Waals surface area (Å²) >= 11 is 0. The molecular formula is C21H22N4O. The standard InChI is InChI=1S/C21H22N4O/c1-16-9-10-19(20(25-16)24-15-18-8-5-12-22-14-18)21(26)23-13-11-17-6-3-2-4-7-17/h2-10,12,14H,11,13,15H2,1H3,(H,23,26)(H,24,25). The molecule has 1 aromatic carbocycles. The number of pyridine rings is 2. The molecule has 0 aliphatic carbocycles. The summed E-state index contributed by atoms with van der Waals surface area (Å²) < 4.78 is 0. The summed E-state index contributed by atoms with van der Waals surface area (Å²) in [7, 11) is 0. The fraction of sp³-hybridized carbons (Fsp3) is 0.190. The zero-order valence-corrected chi connectivity index (χ0v) is 14.8. The molecule has 0 spiro atoms. The van der Waals surface area contributed by atoms with Crippen molar-refractivity contribution in [2.45, 2.75) is 19.9 Å². The van der Waals surface area contributed by atoms with Crippen molar-refractivity contribution in [3.63, 3.8) is 0 Å². The molecule has 0 fully saturated rings. The van der Waals surface area contributed by atoms with Gasteiger partial charge in [-0.1, -0.05) is 36.4 Å². The second kappa shape index (κ2) is 8.76. The first-order valence-electron chi connectivity index (χ1n) is 8.65. The van der Waals surface area contributed by atoms with Gasteiger partial charge in [-0.05, 0) is 42.7 Å². The molecule has 5 heteroatoms. The summed E-state index contributed by atoms with van der Waals surface area (Å²) in [6.45, 7) is 3.06. The number of hydrogen-bond donors (Lipinski definition) is 2. The van der Waals surface area contributed by atoms with Crippen LogP contribution in [-0.2, 0) is 13.0 Å². The average Bonchev–Trinajstić information content (AvgIpc) is 2.68. The molecule has 0 bridgehead atoms. The van der Waals surface area contributed by atoms with Gasteiger partial charge in [0.15, 0.2) is 0 Å². The fourth-order valence-corrected chi connectivity index (χ4v) is 2.62. The lowest BCUT2D eigenvalue weighted by molar-refractivity contribution is 0.0954. The molecule has 0 radical (unpaired) electrons. The minimum absolute atomic E-state index is 0.123. The number of carbonyl (C=O) groups is 1. The molecule has 2 aromatic heterocycles. The van der Waals surface area contributed by atoms with E-state index in [1.54, 1.807) is 12.4 Å². The van der Waals surface area contributed by atoms with Gasteiger partial charge in [0, 0.05) is 31.2 Å². The number of benzene rings is 1. The van der Waals surface area contributed by atoms with E-state index in [0.29, 0.717) is 24.5 Å². The normalized spacial score (nSPS) is 10.3. The van der Waals surface area contributed by atoms with E-state index in [-0.39, 0.29) is 5.91 Å². The van der Waals surface area contributed by atoms with E-state index in [0.717, 1.165) is 17.7 Å². The van der Waals surface area contributed by atoms with Crippen LogP contribution >= 0.6 is 0 Å². The van der Waals surface area contributed by atoms with Gasteiger partial charge >= 0.3 is 0 Å². The Kier molecular flexibility index (Phi) is 5.93. The summed E-state index contributed by atoms with van der Waals surface area (Å²) in [4.78, 5) is 21.2. The molecule has 5 nitrogen and oxygen atoms in total. The molecule has 2 heterocycles. The number of nitrogens with zero attached hydrogens (tertiary/aromatic N) is 2. The Morgan fingerprint density at radius 2 is 1.81 bits per heavy atom. The van der Waals surface area contributed by atoms with Gasteiger partial charge in [-0.3, -0.25) is 9.78 Å². The highest BCUT2D eigenvalue weighted by molar-refractivity contribution is 5.98. The van der Waals surface area contributed by atoms with Crippen molar-refractivity contribution < 1.29 is 4.79 Å². The number of aromatic nitrogens is 2. The van der Waals surface area contributed by atoms with E-state index in [1.807, 2.05) is 49.4 Å². The second-order valence-electron chi connectivity index (χ2n) is 6.06. The third-order valence-electron chi connectivity index (χ3n) is 4.00. The van der Waals surface area contributed by atoms with Crippen LogP contribution in [0.15, 0.2) is 67.0 Å². The second-order valence-corrected chi connectivity index (χ2v) is 6.06. The van der Waals surface area contributed by atoms with E-state index in [2.05, 4.69) is 32.7 Å². The molecule has 1 amide bonds. The summed E-state index contributed by atoms with van der Waals surface area (Å²) in [6.07, 6.45) is 4.33. The molecule has 3 aromatic rings.